The van der Waals surface area contributed by atoms with Crippen LogP contribution in [0.2, 0.25) is 10.0 Å². The topological polar surface area (TPSA) is 91.6 Å². The molecule has 8 heteroatoms. The van der Waals surface area contributed by atoms with E-state index < -0.39 is 11.8 Å². The van der Waals surface area contributed by atoms with E-state index in [0.29, 0.717) is 21.5 Å². The number of nitrogens with zero attached hydrogens (tertiary/aromatic N) is 4. The first-order valence-corrected chi connectivity index (χ1v) is 7.74. The van der Waals surface area contributed by atoms with Crippen LogP contribution in [0.1, 0.15) is 37.0 Å². The highest BCUT2D eigenvalue weighted by atomic mass is 35.5. The Balaban J connectivity index is 2.22. The van der Waals surface area contributed by atoms with Gasteiger partial charge in [0.05, 0.1) is 5.69 Å². The molecule has 1 aromatic carbocycles. The van der Waals surface area contributed by atoms with Gasteiger partial charge < -0.3 is 4.52 Å². The van der Waals surface area contributed by atoms with Gasteiger partial charge in [-0.25, -0.2) is 0 Å². The number of ketones is 1. The molecule has 0 saturated heterocycles. The van der Waals surface area contributed by atoms with Crippen LogP contribution in [-0.2, 0) is 5.41 Å². The zero-order valence-electron chi connectivity index (χ0n) is 13.2. The summed E-state index contributed by atoms with van der Waals surface area (Å²) < 4.78 is 5.15. The number of hydrogen-bond donors (Lipinski definition) is 0. The number of rotatable bonds is 4. The van der Waals surface area contributed by atoms with Gasteiger partial charge in [-0.1, -0.05) is 49.1 Å². The highest BCUT2D eigenvalue weighted by Crippen LogP contribution is 2.26. The molecular weight excluding hydrogens is 351 g/mol. The summed E-state index contributed by atoms with van der Waals surface area (Å²) in [6.45, 7) is 5.77. The van der Waals surface area contributed by atoms with Gasteiger partial charge in [-0.2, -0.15) is 15.5 Å². The first kappa shape index (κ1) is 18.1. The predicted molar refractivity (Wildman–Crippen MR) is 89.9 cm³/mol. The highest BCUT2D eigenvalue weighted by Gasteiger charge is 2.26. The fourth-order valence-electron chi connectivity index (χ4n) is 1.74. The minimum Gasteiger partial charge on any atom is -0.360 e. The third-order valence-corrected chi connectivity index (χ3v) is 3.44. The van der Waals surface area contributed by atoms with E-state index in [4.69, 9.17) is 27.7 Å². The van der Waals surface area contributed by atoms with Crippen molar-refractivity contribution in [2.24, 2.45) is 10.2 Å². The molecule has 124 valence electrons. The van der Waals surface area contributed by atoms with E-state index in [1.807, 2.05) is 20.8 Å². The van der Waals surface area contributed by atoms with Crippen LogP contribution in [0.5, 0.6) is 0 Å². The number of aromatic nitrogens is 1. The summed E-state index contributed by atoms with van der Waals surface area (Å²) in [5.41, 5.74) is 0.0813. The Kier molecular flexibility index (Phi) is 5.37. The van der Waals surface area contributed by atoms with E-state index in [-0.39, 0.29) is 11.1 Å². The zero-order valence-corrected chi connectivity index (χ0v) is 14.8. The second-order valence-corrected chi connectivity index (χ2v) is 6.94. The van der Waals surface area contributed by atoms with Gasteiger partial charge in [-0.05, 0) is 18.2 Å². The number of benzene rings is 1. The number of nitriles is 1. The molecule has 1 unspecified atom stereocenters. The molecule has 0 aliphatic rings. The SMILES string of the molecule is CC(C)(C)c1cc(C(=O)C(C#N)N=Nc2cc(Cl)cc(Cl)c2)no1. The molecule has 1 atom stereocenters. The Bertz CT molecular complexity index is 811. The lowest BCUT2D eigenvalue weighted by Gasteiger charge is -2.12. The van der Waals surface area contributed by atoms with E-state index in [1.165, 1.54) is 18.2 Å². The fraction of sp³-hybridized carbons (Fsp3) is 0.312. The smallest absolute Gasteiger partial charge is 0.225 e. The molecule has 24 heavy (non-hydrogen) atoms. The molecule has 0 N–H and O–H groups in total. The minimum atomic E-state index is -1.33. The third kappa shape index (κ3) is 4.40. The van der Waals surface area contributed by atoms with E-state index in [1.54, 1.807) is 12.1 Å². The van der Waals surface area contributed by atoms with E-state index in [0.717, 1.165) is 0 Å². The quantitative estimate of drug-likeness (QED) is 0.554. The van der Waals surface area contributed by atoms with Gasteiger partial charge in [0.15, 0.2) is 5.69 Å². The van der Waals surface area contributed by atoms with E-state index in [2.05, 4.69) is 15.4 Å². The molecule has 6 nitrogen and oxygen atoms in total. The average Bonchev–Trinajstić information content (AvgIpc) is 2.96. The number of Topliss-reactive ketones (excluding diaryl/α,β-unsaturated/α-hetero) is 1. The Morgan fingerprint density at radius 2 is 1.88 bits per heavy atom. The Morgan fingerprint density at radius 3 is 2.38 bits per heavy atom. The average molecular weight is 365 g/mol. The lowest BCUT2D eigenvalue weighted by Crippen LogP contribution is -2.16. The standard InChI is InChI=1S/C16H14Cl2N4O2/c1-16(2,3)14-7-12(22-24-14)15(23)13(8-19)21-20-11-5-9(17)4-10(18)6-11/h4-7,13H,1-3H3. The molecule has 0 bridgehead atoms. The van der Waals surface area contributed by atoms with Crippen LogP contribution in [0.3, 0.4) is 0 Å². The molecule has 0 radical (unpaired) electrons. The molecule has 2 aromatic rings. The van der Waals surface area contributed by atoms with Crippen LogP contribution in [0.15, 0.2) is 39.0 Å². The Morgan fingerprint density at radius 1 is 1.25 bits per heavy atom. The van der Waals surface area contributed by atoms with Gasteiger partial charge in [-0.15, -0.1) is 0 Å². The minimum absolute atomic E-state index is 0.0366. The Labute approximate surface area is 149 Å². The summed E-state index contributed by atoms with van der Waals surface area (Å²) in [4.78, 5) is 12.3. The summed E-state index contributed by atoms with van der Waals surface area (Å²) in [7, 11) is 0. The van der Waals surface area contributed by atoms with Gasteiger partial charge in [0.25, 0.3) is 0 Å². The molecule has 0 spiro atoms. The summed E-state index contributed by atoms with van der Waals surface area (Å²) in [6.07, 6.45) is 0. The monoisotopic (exact) mass is 364 g/mol. The number of carbonyl (C=O) groups is 1. The molecule has 0 amide bonds. The van der Waals surface area contributed by atoms with Crippen molar-refractivity contribution < 1.29 is 9.32 Å². The number of azo groups is 1. The molecule has 1 aromatic heterocycles. The molecular formula is C16H14Cl2N4O2. The molecule has 0 aliphatic heterocycles. The lowest BCUT2D eigenvalue weighted by molar-refractivity contribution is 0.0970. The second kappa shape index (κ2) is 7.12. The van der Waals surface area contributed by atoms with Gasteiger partial charge in [0, 0.05) is 21.5 Å². The van der Waals surface area contributed by atoms with Crippen molar-refractivity contribution in [2.45, 2.75) is 32.2 Å². The van der Waals surface area contributed by atoms with Crippen LogP contribution < -0.4 is 0 Å². The maximum atomic E-state index is 12.3. The van der Waals surface area contributed by atoms with Crippen LogP contribution in [0.25, 0.3) is 0 Å². The molecule has 0 saturated carbocycles. The largest absolute Gasteiger partial charge is 0.360 e. The van der Waals surface area contributed by atoms with Gasteiger partial charge in [0.1, 0.15) is 11.8 Å². The van der Waals surface area contributed by atoms with Crippen LogP contribution in [0, 0.1) is 11.3 Å². The summed E-state index contributed by atoms with van der Waals surface area (Å²) in [6, 6.07) is 6.55. The summed E-state index contributed by atoms with van der Waals surface area (Å²) >= 11 is 11.7. The van der Waals surface area contributed by atoms with Crippen LogP contribution in [0.4, 0.5) is 5.69 Å². The first-order valence-electron chi connectivity index (χ1n) is 6.98. The van der Waals surface area contributed by atoms with Crippen molar-refractivity contribution in [2.75, 3.05) is 0 Å². The predicted octanol–water partition coefficient (Wildman–Crippen LogP) is 5.14. The normalized spacial score (nSPS) is 13.0. The second-order valence-electron chi connectivity index (χ2n) is 6.07. The molecule has 0 aliphatic carbocycles. The van der Waals surface area contributed by atoms with E-state index >= 15 is 0 Å². The number of hydrogen-bond acceptors (Lipinski definition) is 6. The van der Waals surface area contributed by atoms with Gasteiger partial charge in [0.2, 0.25) is 11.8 Å². The molecule has 0 fully saturated rings. The van der Waals surface area contributed by atoms with Crippen molar-refractivity contribution >= 4 is 34.7 Å². The van der Waals surface area contributed by atoms with Crippen molar-refractivity contribution in [1.82, 2.24) is 5.16 Å². The lowest BCUT2D eigenvalue weighted by atomic mass is 9.93. The first-order chi connectivity index (χ1) is 11.2. The van der Waals surface area contributed by atoms with Crippen molar-refractivity contribution in [3.63, 3.8) is 0 Å². The molecule has 1 heterocycles. The van der Waals surface area contributed by atoms with Crippen molar-refractivity contribution in [1.29, 1.82) is 5.26 Å². The van der Waals surface area contributed by atoms with Crippen molar-refractivity contribution in [3.8, 4) is 6.07 Å². The van der Waals surface area contributed by atoms with E-state index in [9.17, 15) is 10.1 Å². The van der Waals surface area contributed by atoms with Crippen LogP contribution in [-0.4, -0.2) is 17.0 Å². The number of halogens is 2. The third-order valence-electron chi connectivity index (χ3n) is 3.01. The van der Waals surface area contributed by atoms with Gasteiger partial charge >= 0.3 is 0 Å². The summed E-state index contributed by atoms with van der Waals surface area (Å²) in [5.74, 6) is -0.0465. The highest BCUT2D eigenvalue weighted by molar-refractivity contribution is 6.35. The zero-order chi connectivity index (χ0) is 17.9. The molecule has 2 rings (SSSR count). The maximum Gasteiger partial charge on any atom is 0.225 e. The van der Waals surface area contributed by atoms with Gasteiger partial charge in [-0.3, -0.25) is 4.79 Å². The number of carbonyl (C=O) groups excluding carboxylic acids is 1. The summed E-state index contributed by atoms with van der Waals surface area (Å²) in [5, 5.41) is 21.3. The Hall–Kier alpha value is -2.23. The maximum absolute atomic E-state index is 12.3. The fourth-order valence-corrected chi connectivity index (χ4v) is 2.26. The van der Waals surface area contributed by atoms with Crippen molar-refractivity contribution in [3.05, 3.63) is 45.8 Å². The van der Waals surface area contributed by atoms with Crippen LogP contribution >= 0.6 is 23.2 Å².